The van der Waals surface area contributed by atoms with Crippen LogP contribution in [0.25, 0.3) is 11.0 Å². The van der Waals surface area contributed by atoms with E-state index in [4.69, 9.17) is 15.5 Å². The minimum Gasteiger partial charge on any atom is -0.445 e. The van der Waals surface area contributed by atoms with Gasteiger partial charge in [0.05, 0.1) is 11.1 Å². The lowest BCUT2D eigenvalue weighted by Gasteiger charge is -2.35. The summed E-state index contributed by atoms with van der Waals surface area (Å²) in [5.41, 5.74) is 10.1. The zero-order chi connectivity index (χ0) is 22.1. The number of aromatic amines is 1. The normalized spacial score (nSPS) is 15.4. The summed E-state index contributed by atoms with van der Waals surface area (Å²) in [7, 11) is 0. The Morgan fingerprint density at radius 1 is 1.03 bits per heavy atom. The van der Waals surface area contributed by atoms with Gasteiger partial charge in [-0.1, -0.05) is 60.7 Å². The monoisotopic (exact) mass is 426 g/mol. The molecule has 1 atom stereocenters. The van der Waals surface area contributed by atoms with Gasteiger partial charge in [0.25, 0.3) is 5.91 Å². The molecule has 0 unspecified atom stereocenters. The van der Waals surface area contributed by atoms with Crippen LogP contribution in [0.5, 0.6) is 0 Å². The number of imidazole rings is 1. The third-order valence-electron chi connectivity index (χ3n) is 5.78. The van der Waals surface area contributed by atoms with Crippen LogP contribution in [0.2, 0.25) is 0 Å². The van der Waals surface area contributed by atoms with Crippen molar-refractivity contribution < 1.29 is 14.3 Å². The summed E-state index contributed by atoms with van der Waals surface area (Å²) in [4.78, 5) is 34.7. The van der Waals surface area contributed by atoms with Crippen molar-refractivity contribution in [3.63, 3.8) is 0 Å². The molecule has 160 valence electrons. The number of hydrogen-bond donors (Lipinski definition) is 2. The van der Waals surface area contributed by atoms with Gasteiger partial charge in [0.2, 0.25) is 0 Å². The van der Waals surface area contributed by atoms with Crippen LogP contribution in [0, 0.1) is 0 Å². The fraction of sp³-hybridized carbons (Fsp3) is 0.160. The number of nitrogens with two attached hydrogens (primary N) is 1. The molecule has 0 saturated carbocycles. The number of nitrogens with one attached hydrogen (secondary N) is 1. The van der Waals surface area contributed by atoms with Crippen molar-refractivity contribution in [2.45, 2.75) is 19.1 Å². The van der Waals surface area contributed by atoms with Crippen LogP contribution in [0.4, 0.5) is 4.79 Å². The molecule has 0 radical (unpaired) electrons. The van der Waals surface area contributed by atoms with E-state index in [1.807, 2.05) is 54.6 Å². The minimum absolute atomic E-state index is 0.191. The van der Waals surface area contributed by atoms with E-state index < -0.39 is 18.0 Å². The maximum Gasteiger partial charge on any atom is 0.411 e. The van der Waals surface area contributed by atoms with Gasteiger partial charge in [0.1, 0.15) is 24.0 Å². The lowest BCUT2D eigenvalue weighted by molar-refractivity contribution is 0.0824. The largest absolute Gasteiger partial charge is 0.445 e. The third-order valence-corrected chi connectivity index (χ3v) is 5.78. The molecule has 1 aliphatic heterocycles. The Morgan fingerprint density at radius 2 is 1.81 bits per heavy atom. The first-order chi connectivity index (χ1) is 15.6. The Balaban J connectivity index is 1.53. The maximum atomic E-state index is 13.1. The van der Waals surface area contributed by atoms with Crippen LogP contribution in [-0.4, -0.2) is 33.4 Å². The first-order valence-electron chi connectivity index (χ1n) is 10.5. The van der Waals surface area contributed by atoms with E-state index in [9.17, 15) is 9.59 Å². The van der Waals surface area contributed by atoms with Gasteiger partial charge in [0, 0.05) is 6.54 Å². The molecule has 1 aliphatic rings. The van der Waals surface area contributed by atoms with Crippen molar-refractivity contribution in [1.82, 2.24) is 14.9 Å². The molecule has 5 rings (SSSR count). The molecule has 32 heavy (non-hydrogen) atoms. The van der Waals surface area contributed by atoms with Gasteiger partial charge in [-0.15, -0.1) is 0 Å². The van der Waals surface area contributed by atoms with E-state index in [2.05, 4.69) is 11.1 Å². The fourth-order valence-electron chi connectivity index (χ4n) is 4.24. The second-order valence-corrected chi connectivity index (χ2v) is 7.77. The second kappa shape index (κ2) is 8.19. The van der Waals surface area contributed by atoms with Crippen LogP contribution in [0.3, 0.4) is 0 Å². The Hall–Kier alpha value is -4.13. The quantitative estimate of drug-likeness (QED) is 0.516. The topological polar surface area (TPSA) is 101 Å². The molecule has 1 aromatic heterocycles. The summed E-state index contributed by atoms with van der Waals surface area (Å²) in [6.07, 6.45) is 0.309. The summed E-state index contributed by atoms with van der Waals surface area (Å²) in [5.74, 6) is 0.0225. The smallest absolute Gasteiger partial charge is 0.411 e. The van der Waals surface area contributed by atoms with Crippen LogP contribution in [-0.2, 0) is 17.8 Å². The van der Waals surface area contributed by atoms with Crippen LogP contribution >= 0.6 is 0 Å². The second-order valence-electron chi connectivity index (χ2n) is 7.77. The molecule has 0 bridgehead atoms. The summed E-state index contributed by atoms with van der Waals surface area (Å²) in [6.45, 7) is 0.686. The van der Waals surface area contributed by atoms with Crippen LogP contribution in [0.1, 0.15) is 38.9 Å². The molecule has 0 fully saturated rings. The molecule has 0 spiro atoms. The van der Waals surface area contributed by atoms with E-state index in [0.717, 1.165) is 23.1 Å². The Morgan fingerprint density at radius 3 is 2.62 bits per heavy atom. The predicted molar refractivity (Wildman–Crippen MR) is 120 cm³/mol. The minimum atomic E-state index is -0.545. The molecule has 7 heteroatoms. The number of nitrogens with zero attached hydrogens (tertiary/aromatic N) is 2. The van der Waals surface area contributed by atoms with Crippen molar-refractivity contribution in [2.75, 3.05) is 6.54 Å². The Labute approximate surface area is 184 Å². The molecular formula is C25H22N4O3. The third kappa shape index (κ3) is 3.58. The molecule has 3 aromatic carbocycles. The van der Waals surface area contributed by atoms with Gasteiger partial charge in [-0.3, -0.25) is 9.69 Å². The van der Waals surface area contributed by atoms with Gasteiger partial charge in [0.15, 0.2) is 0 Å². The molecule has 2 amide bonds. The number of amides is 2. The standard InChI is InChI=1S/C25H22N4O3/c26-23(30)19-11-6-12-20-21(19)28-24(27-20)22-18-10-5-4-9-17(18)13-14-29(22)25(31)32-15-16-7-2-1-3-8-16/h1-12,22H,13-15H2,(H2,26,30)(H,27,28)/t22-/m1/s1. The number of rotatable bonds is 4. The number of aromatic nitrogens is 2. The van der Waals surface area contributed by atoms with Crippen LogP contribution in [0.15, 0.2) is 72.8 Å². The van der Waals surface area contributed by atoms with Gasteiger partial charge < -0.3 is 15.5 Å². The van der Waals surface area contributed by atoms with E-state index in [1.54, 1.807) is 17.0 Å². The molecular weight excluding hydrogens is 404 g/mol. The number of benzene rings is 3. The highest BCUT2D eigenvalue weighted by Gasteiger charge is 2.35. The number of carbonyl (C=O) groups is 2. The summed E-state index contributed by atoms with van der Waals surface area (Å²) in [6, 6.07) is 22.4. The van der Waals surface area contributed by atoms with Crippen molar-refractivity contribution in [3.8, 4) is 0 Å². The number of hydrogen-bond acceptors (Lipinski definition) is 4. The molecule has 3 N–H and O–H groups in total. The van der Waals surface area contributed by atoms with Crippen molar-refractivity contribution >= 4 is 23.0 Å². The summed E-state index contributed by atoms with van der Waals surface area (Å²) < 4.78 is 5.64. The van der Waals surface area contributed by atoms with E-state index in [0.29, 0.717) is 29.0 Å². The summed E-state index contributed by atoms with van der Waals surface area (Å²) in [5, 5.41) is 0. The average molecular weight is 426 g/mol. The summed E-state index contributed by atoms with van der Waals surface area (Å²) >= 11 is 0. The number of fused-ring (bicyclic) bond motifs is 2. The zero-order valence-electron chi connectivity index (χ0n) is 17.3. The first kappa shape index (κ1) is 19.8. The van der Waals surface area contributed by atoms with Gasteiger partial charge in [-0.25, -0.2) is 9.78 Å². The van der Waals surface area contributed by atoms with E-state index in [1.165, 1.54) is 0 Å². The van der Waals surface area contributed by atoms with Gasteiger partial charge in [-0.05, 0) is 35.2 Å². The fourth-order valence-corrected chi connectivity index (χ4v) is 4.24. The number of para-hydroxylation sites is 1. The van der Waals surface area contributed by atoms with Gasteiger partial charge in [-0.2, -0.15) is 0 Å². The lowest BCUT2D eigenvalue weighted by atomic mass is 9.92. The highest BCUT2D eigenvalue weighted by Crippen LogP contribution is 2.35. The van der Waals surface area contributed by atoms with Gasteiger partial charge >= 0.3 is 6.09 Å². The van der Waals surface area contributed by atoms with Crippen molar-refractivity contribution in [3.05, 3.63) is 101 Å². The Bertz CT molecular complexity index is 1300. The number of ether oxygens (including phenoxy) is 1. The highest BCUT2D eigenvalue weighted by atomic mass is 16.6. The molecule has 0 aliphatic carbocycles. The first-order valence-corrected chi connectivity index (χ1v) is 10.5. The molecule has 7 nitrogen and oxygen atoms in total. The lowest BCUT2D eigenvalue weighted by Crippen LogP contribution is -2.41. The highest BCUT2D eigenvalue weighted by molar-refractivity contribution is 6.04. The number of carbonyl (C=O) groups excluding carboxylic acids is 2. The van der Waals surface area contributed by atoms with Crippen molar-refractivity contribution in [1.29, 1.82) is 0 Å². The molecule has 2 heterocycles. The van der Waals surface area contributed by atoms with Crippen molar-refractivity contribution in [2.24, 2.45) is 5.73 Å². The SMILES string of the molecule is NC(=O)c1cccc2[nH]c([C@H]3c4ccccc4CCN3C(=O)OCc3ccccc3)nc12. The van der Waals surface area contributed by atoms with Crippen LogP contribution < -0.4 is 5.73 Å². The predicted octanol–water partition coefficient (Wildman–Crippen LogP) is 3.95. The number of primary amides is 1. The zero-order valence-corrected chi connectivity index (χ0v) is 17.3. The average Bonchev–Trinajstić information content (AvgIpc) is 3.26. The molecule has 0 saturated heterocycles. The number of H-pyrrole nitrogens is 1. The Kier molecular flexibility index (Phi) is 5.07. The van der Waals surface area contributed by atoms with E-state index >= 15 is 0 Å². The van der Waals surface area contributed by atoms with E-state index in [-0.39, 0.29) is 6.61 Å². The molecule has 4 aromatic rings. The maximum absolute atomic E-state index is 13.1.